The van der Waals surface area contributed by atoms with Gasteiger partial charge in [0.15, 0.2) is 0 Å². The molecule has 0 bridgehead atoms. The lowest BCUT2D eigenvalue weighted by Gasteiger charge is -2.23. The molecule has 0 spiro atoms. The van der Waals surface area contributed by atoms with Crippen molar-refractivity contribution in [3.8, 4) is 0 Å². The van der Waals surface area contributed by atoms with Crippen molar-refractivity contribution < 1.29 is 5.11 Å². The fraction of sp³-hybridized carbons (Fsp3) is 0.385. The van der Waals surface area contributed by atoms with E-state index >= 15 is 0 Å². The van der Waals surface area contributed by atoms with Crippen molar-refractivity contribution in [1.29, 1.82) is 0 Å². The Labute approximate surface area is 116 Å². The fourth-order valence-corrected chi connectivity index (χ4v) is 2.58. The lowest BCUT2D eigenvalue weighted by Crippen LogP contribution is -2.36. The van der Waals surface area contributed by atoms with Gasteiger partial charge < -0.3 is 16.2 Å². The average molecular weight is 278 g/mol. The number of nitrogen functional groups attached to an aromatic ring is 1. The molecule has 102 valence electrons. The molecule has 0 aliphatic heterocycles. The highest BCUT2D eigenvalue weighted by atomic mass is 32.2. The third-order valence-electron chi connectivity index (χ3n) is 2.75. The molecule has 0 fully saturated rings. The monoisotopic (exact) mass is 278 g/mol. The summed E-state index contributed by atoms with van der Waals surface area (Å²) in [5.41, 5.74) is 6.43. The number of rotatable bonds is 5. The van der Waals surface area contributed by atoms with E-state index in [-0.39, 0.29) is 0 Å². The van der Waals surface area contributed by atoms with E-state index in [4.69, 9.17) is 5.73 Å². The molecule has 19 heavy (non-hydrogen) atoms. The zero-order valence-corrected chi connectivity index (χ0v) is 11.9. The summed E-state index contributed by atoms with van der Waals surface area (Å²) in [6.45, 7) is 2.24. The van der Waals surface area contributed by atoms with E-state index in [0.717, 1.165) is 10.9 Å². The van der Waals surface area contributed by atoms with Crippen LogP contribution in [0.1, 0.15) is 6.92 Å². The Morgan fingerprint density at radius 2 is 2.21 bits per heavy atom. The summed E-state index contributed by atoms with van der Waals surface area (Å²) >= 11 is 1.61. The Morgan fingerprint density at radius 1 is 1.42 bits per heavy atom. The van der Waals surface area contributed by atoms with Gasteiger partial charge in [0.25, 0.3) is 0 Å². The number of fused-ring (bicyclic) bond motifs is 1. The predicted octanol–water partition coefficient (Wildman–Crippen LogP) is 1.74. The van der Waals surface area contributed by atoms with Crippen molar-refractivity contribution in [2.24, 2.45) is 0 Å². The number of hydrogen-bond donors (Lipinski definition) is 3. The van der Waals surface area contributed by atoms with Crippen LogP contribution in [0.15, 0.2) is 24.5 Å². The summed E-state index contributed by atoms with van der Waals surface area (Å²) in [6.07, 6.45) is 3.46. The number of nitrogens with two attached hydrogens (primary N) is 1. The first kappa shape index (κ1) is 13.9. The molecular formula is C13H18N4OS. The Bertz CT molecular complexity index is 574. The molecule has 0 aliphatic rings. The van der Waals surface area contributed by atoms with E-state index in [9.17, 15) is 5.11 Å². The number of thioether (sulfide) groups is 1. The quantitative estimate of drug-likeness (QED) is 0.722. The predicted molar refractivity (Wildman–Crippen MR) is 81.4 cm³/mol. The number of aliphatic hydroxyl groups is 1. The number of hydrogen-bond acceptors (Lipinski definition) is 6. The van der Waals surface area contributed by atoms with Crippen LogP contribution in [0.5, 0.6) is 0 Å². The van der Waals surface area contributed by atoms with Gasteiger partial charge in [-0.15, -0.1) is 0 Å². The second kappa shape index (κ2) is 5.63. The summed E-state index contributed by atoms with van der Waals surface area (Å²) in [7, 11) is 0. The third-order valence-corrected chi connectivity index (χ3v) is 3.66. The van der Waals surface area contributed by atoms with E-state index in [1.165, 1.54) is 6.33 Å². The summed E-state index contributed by atoms with van der Waals surface area (Å²) in [5, 5.41) is 14.2. The molecule has 4 N–H and O–H groups in total. The third kappa shape index (κ3) is 3.48. The molecule has 1 aromatic heterocycles. The minimum atomic E-state index is -0.773. The number of benzene rings is 1. The molecule has 0 amide bonds. The van der Waals surface area contributed by atoms with Crippen LogP contribution in [-0.4, -0.2) is 39.2 Å². The second-order valence-electron chi connectivity index (χ2n) is 4.78. The standard InChI is InChI=1S/C13H18N4OS/c1-13(18,7-19-2)6-15-12-10-4-3-9(14)5-11(10)16-8-17-12/h3-5,8,18H,6-7,14H2,1-2H3,(H,15,16,17). The molecule has 0 radical (unpaired) electrons. The van der Waals surface area contributed by atoms with Crippen molar-refractivity contribution in [3.05, 3.63) is 24.5 Å². The fourth-order valence-electron chi connectivity index (χ4n) is 1.85. The van der Waals surface area contributed by atoms with Gasteiger partial charge in [0.05, 0.1) is 11.1 Å². The van der Waals surface area contributed by atoms with E-state index in [1.807, 2.05) is 24.5 Å². The topological polar surface area (TPSA) is 84.1 Å². The zero-order chi connectivity index (χ0) is 13.9. The van der Waals surface area contributed by atoms with Crippen molar-refractivity contribution >= 4 is 34.2 Å². The molecule has 0 saturated heterocycles. The van der Waals surface area contributed by atoms with E-state index < -0.39 is 5.60 Å². The lowest BCUT2D eigenvalue weighted by atomic mass is 10.1. The maximum absolute atomic E-state index is 10.1. The van der Waals surface area contributed by atoms with Crippen LogP contribution in [0.25, 0.3) is 10.9 Å². The second-order valence-corrected chi connectivity index (χ2v) is 5.65. The molecule has 6 heteroatoms. The molecule has 0 saturated carbocycles. The zero-order valence-electron chi connectivity index (χ0n) is 11.1. The average Bonchev–Trinajstić information content (AvgIpc) is 2.36. The van der Waals surface area contributed by atoms with Gasteiger partial charge in [-0.05, 0) is 31.4 Å². The molecule has 1 atom stereocenters. The molecule has 2 rings (SSSR count). The van der Waals surface area contributed by atoms with Gasteiger partial charge in [0.1, 0.15) is 12.1 Å². The first-order valence-electron chi connectivity index (χ1n) is 5.97. The van der Waals surface area contributed by atoms with Crippen LogP contribution < -0.4 is 11.1 Å². The minimum Gasteiger partial charge on any atom is -0.399 e. The largest absolute Gasteiger partial charge is 0.399 e. The molecule has 1 unspecified atom stereocenters. The number of nitrogens with zero attached hydrogens (tertiary/aromatic N) is 2. The van der Waals surface area contributed by atoms with Gasteiger partial charge >= 0.3 is 0 Å². The molecule has 1 aromatic carbocycles. The highest BCUT2D eigenvalue weighted by Gasteiger charge is 2.19. The summed E-state index contributed by atoms with van der Waals surface area (Å²) in [5.74, 6) is 1.38. The molecule has 0 aliphatic carbocycles. The highest BCUT2D eigenvalue weighted by Crippen LogP contribution is 2.22. The van der Waals surface area contributed by atoms with Gasteiger partial charge in [0, 0.05) is 23.4 Å². The van der Waals surface area contributed by atoms with Crippen LogP contribution in [0.4, 0.5) is 11.5 Å². The maximum Gasteiger partial charge on any atom is 0.137 e. The molecule has 1 heterocycles. The van der Waals surface area contributed by atoms with Crippen LogP contribution in [0.3, 0.4) is 0 Å². The normalized spacial score (nSPS) is 14.3. The van der Waals surface area contributed by atoms with Gasteiger partial charge in [-0.3, -0.25) is 0 Å². The van der Waals surface area contributed by atoms with E-state index in [1.54, 1.807) is 18.7 Å². The Hall–Kier alpha value is -1.53. The Morgan fingerprint density at radius 3 is 2.95 bits per heavy atom. The van der Waals surface area contributed by atoms with Crippen LogP contribution in [-0.2, 0) is 0 Å². The maximum atomic E-state index is 10.1. The summed E-state index contributed by atoms with van der Waals surface area (Å²) in [4.78, 5) is 8.40. The summed E-state index contributed by atoms with van der Waals surface area (Å²) < 4.78 is 0. The molecule has 5 nitrogen and oxygen atoms in total. The van der Waals surface area contributed by atoms with Gasteiger partial charge in [-0.25, -0.2) is 9.97 Å². The van der Waals surface area contributed by atoms with Crippen molar-refractivity contribution in [3.63, 3.8) is 0 Å². The van der Waals surface area contributed by atoms with Gasteiger partial charge in [-0.1, -0.05) is 0 Å². The minimum absolute atomic E-state index is 0.435. The SMILES string of the molecule is CSCC(C)(O)CNc1ncnc2cc(N)ccc12. The molecule has 2 aromatic rings. The van der Waals surface area contributed by atoms with Gasteiger partial charge in [-0.2, -0.15) is 11.8 Å². The number of anilines is 2. The number of aromatic nitrogens is 2. The molecular weight excluding hydrogens is 260 g/mol. The highest BCUT2D eigenvalue weighted by molar-refractivity contribution is 7.98. The first-order chi connectivity index (χ1) is 9.02. The summed E-state index contributed by atoms with van der Waals surface area (Å²) in [6, 6.07) is 5.51. The Kier molecular flexibility index (Phi) is 4.11. The van der Waals surface area contributed by atoms with Crippen LogP contribution in [0.2, 0.25) is 0 Å². The van der Waals surface area contributed by atoms with Crippen LogP contribution >= 0.6 is 11.8 Å². The number of nitrogens with one attached hydrogen (secondary N) is 1. The van der Waals surface area contributed by atoms with Crippen molar-refractivity contribution in [2.45, 2.75) is 12.5 Å². The first-order valence-corrected chi connectivity index (χ1v) is 7.37. The Balaban J connectivity index is 2.21. The van der Waals surface area contributed by atoms with Crippen molar-refractivity contribution in [2.75, 3.05) is 29.6 Å². The van der Waals surface area contributed by atoms with Gasteiger partial charge in [0.2, 0.25) is 0 Å². The smallest absolute Gasteiger partial charge is 0.137 e. The van der Waals surface area contributed by atoms with E-state index in [0.29, 0.717) is 23.8 Å². The van der Waals surface area contributed by atoms with Crippen LogP contribution in [0, 0.1) is 0 Å². The van der Waals surface area contributed by atoms with Crippen molar-refractivity contribution in [1.82, 2.24) is 9.97 Å². The lowest BCUT2D eigenvalue weighted by molar-refractivity contribution is 0.0996. The van der Waals surface area contributed by atoms with E-state index in [2.05, 4.69) is 15.3 Å².